The summed E-state index contributed by atoms with van der Waals surface area (Å²) in [6.07, 6.45) is 2.10. The molecule has 1 fully saturated rings. The van der Waals surface area contributed by atoms with Crippen LogP contribution in [0.4, 0.5) is 0 Å². The minimum atomic E-state index is 0. The molecule has 142 valence electrons. The number of hydrogen-bond acceptors (Lipinski definition) is 4. The highest BCUT2D eigenvalue weighted by molar-refractivity contribution is 14.0. The molecule has 0 saturated carbocycles. The fraction of sp³-hybridized carbons (Fsp3) is 0.611. The van der Waals surface area contributed by atoms with Gasteiger partial charge in [-0.3, -0.25) is 9.89 Å². The zero-order chi connectivity index (χ0) is 17.2. The van der Waals surface area contributed by atoms with Gasteiger partial charge in [0.05, 0.1) is 19.8 Å². The van der Waals surface area contributed by atoms with Crippen LogP contribution >= 0.6 is 35.7 Å². The average Bonchev–Trinajstić information content (AvgIpc) is 2.62. The third-order valence-electron chi connectivity index (χ3n) is 4.06. The van der Waals surface area contributed by atoms with Crippen LogP contribution in [0, 0.1) is 0 Å². The van der Waals surface area contributed by atoms with Gasteiger partial charge in [0.2, 0.25) is 0 Å². The Labute approximate surface area is 173 Å². The first-order chi connectivity index (χ1) is 11.7. The predicted molar refractivity (Wildman–Crippen MR) is 118 cm³/mol. The molecule has 1 aromatic rings. The van der Waals surface area contributed by atoms with Crippen LogP contribution in [0.25, 0.3) is 0 Å². The Hall–Kier alpha value is -0.510. The van der Waals surface area contributed by atoms with Crippen LogP contribution < -0.4 is 5.32 Å². The van der Waals surface area contributed by atoms with Crippen molar-refractivity contribution in [3.63, 3.8) is 0 Å². The summed E-state index contributed by atoms with van der Waals surface area (Å²) in [4.78, 5) is 10.7. The number of aliphatic imine (C=N–C) groups is 1. The van der Waals surface area contributed by atoms with Crippen molar-refractivity contribution in [1.29, 1.82) is 0 Å². The van der Waals surface area contributed by atoms with Gasteiger partial charge in [-0.25, -0.2) is 0 Å². The number of guanidine groups is 1. The van der Waals surface area contributed by atoms with E-state index in [9.17, 15) is 0 Å². The van der Waals surface area contributed by atoms with E-state index in [1.807, 2.05) is 0 Å². The van der Waals surface area contributed by atoms with Crippen LogP contribution in [0.5, 0.6) is 0 Å². The largest absolute Gasteiger partial charge is 0.379 e. The topological polar surface area (TPSA) is 40.1 Å². The van der Waals surface area contributed by atoms with Crippen LogP contribution in [-0.2, 0) is 11.3 Å². The summed E-state index contributed by atoms with van der Waals surface area (Å²) in [6, 6.07) is 8.74. The van der Waals surface area contributed by atoms with E-state index in [2.05, 4.69) is 59.6 Å². The molecule has 1 saturated heterocycles. The van der Waals surface area contributed by atoms with E-state index in [4.69, 9.17) is 9.73 Å². The van der Waals surface area contributed by atoms with Crippen LogP contribution in [0.1, 0.15) is 12.5 Å². The second-order valence-corrected chi connectivity index (χ2v) is 6.77. The number of thioether (sulfide) groups is 1. The molecule has 0 radical (unpaired) electrons. The highest BCUT2D eigenvalue weighted by Gasteiger charge is 2.10. The lowest BCUT2D eigenvalue weighted by Gasteiger charge is -2.26. The zero-order valence-electron chi connectivity index (χ0n) is 15.5. The summed E-state index contributed by atoms with van der Waals surface area (Å²) in [5.41, 5.74) is 1.30. The Bertz CT molecular complexity index is 506. The van der Waals surface area contributed by atoms with Crippen LogP contribution in [-0.4, -0.2) is 75.0 Å². The van der Waals surface area contributed by atoms with Gasteiger partial charge in [0.25, 0.3) is 0 Å². The molecule has 0 aromatic heterocycles. The van der Waals surface area contributed by atoms with Crippen molar-refractivity contribution < 1.29 is 4.74 Å². The van der Waals surface area contributed by atoms with Crippen molar-refractivity contribution in [3.05, 3.63) is 29.8 Å². The normalized spacial score (nSPS) is 15.6. The van der Waals surface area contributed by atoms with Crippen LogP contribution in [0.15, 0.2) is 34.2 Å². The molecular weight excluding hydrogens is 447 g/mol. The number of nitrogens with zero attached hydrogens (tertiary/aromatic N) is 3. The Kier molecular flexibility index (Phi) is 11.5. The molecule has 1 heterocycles. The van der Waals surface area contributed by atoms with Gasteiger partial charge < -0.3 is 15.0 Å². The lowest BCUT2D eigenvalue weighted by Crippen LogP contribution is -2.40. The molecule has 5 nitrogen and oxygen atoms in total. The van der Waals surface area contributed by atoms with Gasteiger partial charge in [0, 0.05) is 44.7 Å². The Morgan fingerprint density at radius 2 is 1.96 bits per heavy atom. The molecule has 7 heteroatoms. The summed E-state index contributed by atoms with van der Waals surface area (Å²) in [5.74, 6) is 0.972. The molecule has 0 bridgehead atoms. The first-order valence-corrected chi connectivity index (χ1v) is 9.88. The second-order valence-electron chi connectivity index (χ2n) is 5.89. The van der Waals surface area contributed by atoms with Crippen LogP contribution in [0.2, 0.25) is 0 Å². The minimum absolute atomic E-state index is 0. The van der Waals surface area contributed by atoms with Gasteiger partial charge >= 0.3 is 0 Å². The number of benzene rings is 1. The predicted octanol–water partition coefficient (Wildman–Crippen LogP) is 2.76. The molecule has 1 aromatic carbocycles. The molecule has 1 N–H and O–H groups in total. The number of rotatable bonds is 7. The van der Waals surface area contributed by atoms with Crippen molar-refractivity contribution in [2.75, 3.05) is 59.2 Å². The summed E-state index contributed by atoms with van der Waals surface area (Å²) < 4.78 is 5.39. The van der Waals surface area contributed by atoms with Gasteiger partial charge in [-0.05, 0) is 30.9 Å². The fourth-order valence-electron chi connectivity index (χ4n) is 2.67. The molecule has 1 aliphatic heterocycles. The van der Waals surface area contributed by atoms with Crippen molar-refractivity contribution in [1.82, 2.24) is 15.1 Å². The molecule has 0 atom stereocenters. The van der Waals surface area contributed by atoms with Gasteiger partial charge in [0.15, 0.2) is 5.96 Å². The maximum atomic E-state index is 5.39. The second kappa shape index (κ2) is 12.8. The maximum Gasteiger partial charge on any atom is 0.194 e. The van der Waals surface area contributed by atoms with E-state index in [0.29, 0.717) is 0 Å². The lowest BCUT2D eigenvalue weighted by atomic mass is 10.2. The van der Waals surface area contributed by atoms with Crippen molar-refractivity contribution in [2.45, 2.75) is 18.4 Å². The van der Waals surface area contributed by atoms with Crippen molar-refractivity contribution >= 4 is 41.7 Å². The number of morpholine rings is 1. The van der Waals surface area contributed by atoms with Gasteiger partial charge in [0.1, 0.15) is 0 Å². The smallest absolute Gasteiger partial charge is 0.194 e. The van der Waals surface area contributed by atoms with Crippen LogP contribution in [0.3, 0.4) is 0 Å². The first kappa shape index (κ1) is 22.5. The molecule has 0 amide bonds. The van der Waals surface area contributed by atoms with Gasteiger partial charge in [-0.15, -0.1) is 35.7 Å². The van der Waals surface area contributed by atoms with Gasteiger partial charge in [-0.1, -0.05) is 12.1 Å². The highest BCUT2D eigenvalue weighted by Crippen LogP contribution is 2.15. The quantitative estimate of drug-likeness (QED) is 0.283. The first-order valence-electron chi connectivity index (χ1n) is 8.65. The molecular formula is C18H31IN4OS. The molecule has 0 unspecified atom stereocenters. The van der Waals surface area contributed by atoms with Crippen molar-refractivity contribution in [3.8, 4) is 0 Å². The summed E-state index contributed by atoms with van der Waals surface area (Å²) in [5, 5.41) is 3.39. The van der Waals surface area contributed by atoms with E-state index in [0.717, 1.165) is 58.4 Å². The maximum absolute atomic E-state index is 5.39. The molecule has 0 spiro atoms. The van der Waals surface area contributed by atoms with E-state index < -0.39 is 0 Å². The van der Waals surface area contributed by atoms with Crippen molar-refractivity contribution in [2.24, 2.45) is 4.99 Å². The Morgan fingerprint density at radius 1 is 1.28 bits per heavy atom. The Morgan fingerprint density at radius 3 is 2.56 bits per heavy atom. The van der Waals surface area contributed by atoms with E-state index in [1.54, 1.807) is 11.8 Å². The summed E-state index contributed by atoms with van der Waals surface area (Å²) in [6.45, 7) is 9.38. The highest BCUT2D eigenvalue weighted by atomic mass is 127. The number of halogens is 1. The number of hydrogen-bond donors (Lipinski definition) is 1. The lowest BCUT2D eigenvalue weighted by molar-refractivity contribution is 0.0394. The van der Waals surface area contributed by atoms with E-state index >= 15 is 0 Å². The SMILES string of the molecule is CCNC(=NCCN1CCOCC1)N(C)Cc1ccc(SC)cc1.I. The van der Waals surface area contributed by atoms with E-state index in [-0.39, 0.29) is 24.0 Å². The summed E-state index contributed by atoms with van der Waals surface area (Å²) >= 11 is 1.77. The number of ether oxygens (including phenoxy) is 1. The molecule has 2 rings (SSSR count). The minimum Gasteiger partial charge on any atom is -0.379 e. The monoisotopic (exact) mass is 478 g/mol. The average molecular weight is 478 g/mol. The molecule has 25 heavy (non-hydrogen) atoms. The molecule has 0 aliphatic carbocycles. The standard InChI is InChI=1S/C18H30N4OS.HI/c1-4-19-18(20-9-10-22-11-13-23-14-12-22)21(2)15-16-5-7-17(24-3)8-6-16;/h5-8H,4,9-15H2,1-3H3,(H,19,20);1H. The zero-order valence-corrected chi connectivity index (χ0v) is 18.7. The summed E-state index contributed by atoms with van der Waals surface area (Å²) in [7, 11) is 2.10. The fourth-order valence-corrected chi connectivity index (χ4v) is 3.08. The third-order valence-corrected chi connectivity index (χ3v) is 4.80. The molecule has 1 aliphatic rings. The van der Waals surface area contributed by atoms with Gasteiger partial charge in [-0.2, -0.15) is 0 Å². The van der Waals surface area contributed by atoms with E-state index in [1.165, 1.54) is 10.5 Å². The Balaban J connectivity index is 0.00000312. The third kappa shape index (κ3) is 8.15. The number of nitrogens with one attached hydrogen (secondary N) is 1.